The van der Waals surface area contributed by atoms with E-state index in [-0.39, 0.29) is 0 Å². The maximum atomic E-state index is 5.09. The molecule has 0 radical (unpaired) electrons. The number of nitrogens with zero attached hydrogens (tertiary/aromatic N) is 4. The zero-order valence-corrected chi connectivity index (χ0v) is 10.8. The Hall–Kier alpha value is -2.11. The molecule has 2 aromatic heterocycles. The lowest BCUT2D eigenvalue weighted by Gasteiger charge is -2.07. The highest BCUT2D eigenvalue weighted by Crippen LogP contribution is 2.12. The lowest BCUT2D eigenvalue weighted by molar-refractivity contribution is 0.396. The van der Waals surface area contributed by atoms with Crippen LogP contribution in [-0.2, 0) is 6.54 Å². The third-order valence-corrected chi connectivity index (χ3v) is 2.43. The van der Waals surface area contributed by atoms with Crippen molar-refractivity contribution in [2.75, 3.05) is 19.0 Å². The monoisotopic (exact) mass is 247 g/mol. The highest BCUT2D eigenvalue weighted by atomic mass is 16.5. The van der Waals surface area contributed by atoms with Gasteiger partial charge in [-0.1, -0.05) is 0 Å². The SMILES string of the molecule is COc1cc(NCCn2cc(C)cn2)nc(C)n1. The first kappa shape index (κ1) is 12.3. The van der Waals surface area contributed by atoms with Gasteiger partial charge in [-0.15, -0.1) is 0 Å². The van der Waals surface area contributed by atoms with Gasteiger partial charge in [-0.25, -0.2) is 4.98 Å². The molecule has 96 valence electrons. The molecule has 0 aromatic carbocycles. The molecular formula is C12H17N5O. The summed E-state index contributed by atoms with van der Waals surface area (Å²) in [5, 5.41) is 7.44. The second-order valence-corrected chi connectivity index (χ2v) is 4.05. The summed E-state index contributed by atoms with van der Waals surface area (Å²) < 4.78 is 6.99. The molecule has 0 aliphatic heterocycles. The quantitative estimate of drug-likeness (QED) is 0.865. The zero-order valence-electron chi connectivity index (χ0n) is 10.8. The molecule has 18 heavy (non-hydrogen) atoms. The lowest BCUT2D eigenvalue weighted by atomic mass is 10.4. The summed E-state index contributed by atoms with van der Waals surface area (Å²) in [5.74, 6) is 2.02. The minimum atomic E-state index is 0.569. The van der Waals surface area contributed by atoms with Crippen molar-refractivity contribution in [2.45, 2.75) is 20.4 Å². The predicted molar refractivity (Wildman–Crippen MR) is 68.8 cm³/mol. The fourth-order valence-electron chi connectivity index (χ4n) is 1.62. The van der Waals surface area contributed by atoms with E-state index >= 15 is 0 Å². The summed E-state index contributed by atoms with van der Waals surface area (Å²) in [7, 11) is 1.60. The smallest absolute Gasteiger partial charge is 0.218 e. The van der Waals surface area contributed by atoms with Gasteiger partial charge in [-0.05, 0) is 19.4 Å². The number of methoxy groups -OCH3 is 1. The Balaban J connectivity index is 1.91. The zero-order chi connectivity index (χ0) is 13.0. The van der Waals surface area contributed by atoms with Crippen LogP contribution < -0.4 is 10.1 Å². The van der Waals surface area contributed by atoms with Gasteiger partial charge in [-0.3, -0.25) is 4.68 Å². The maximum Gasteiger partial charge on any atom is 0.218 e. The van der Waals surface area contributed by atoms with Gasteiger partial charge in [-0.2, -0.15) is 10.1 Å². The van der Waals surface area contributed by atoms with Crippen LogP contribution in [-0.4, -0.2) is 33.4 Å². The van der Waals surface area contributed by atoms with Crippen LogP contribution >= 0.6 is 0 Å². The van der Waals surface area contributed by atoms with E-state index in [1.165, 1.54) is 0 Å². The van der Waals surface area contributed by atoms with E-state index in [1.54, 1.807) is 13.2 Å². The molecule has 0 bridgehead atoms. The van der Waals surface area contributed by atoms with Crippen LogP contribution in [0.4, 0.5) is 5.82 Å². The topological polar surface area (TPSA) is 64.9 Å². The summed E-state index contributed by atoms with van der Waals surface area (Å²) in [6.45, 7) is 5.40. The number of aryl methyl sites for hydroxylation is 2. The van der Waals surface area contributed by atoms with Gasteiger partial charge in [0.2, 0.25) is 5.88 Å². The van der Waals surface area contributed by atoms with Crippen molar-refractivity contribution in [1.29, 1.82) is 0 Å². The number of anilines is 1. The Morgan fingerprint density at radius 1 is 1.33 bits per heavy atom. The second-order valence-electron chi connectivity index (χ2n) is 4.05. The van der Waals surface area contributed by atoms with Gasteiger partial charge in [0.15, 0.2) is 0 Å². The Kier molecular flexibility index (Phi) is 3.76. The molecule has 0 saturated heterocycles. The van der Waals surface area contributed by atoms with Gasteiger partial charge >= 0.3 is 0 Å². The number of ether oxygens (including phenoxy) is 1. The number of nitrogens with one attached hydrogen (secondary N) is 1. The molecule has 0 amide bonds. The van der Waals surface area contributed by atoms with Crippen molar-refractivity contribution in [3.05, 3.63) is 29.8 Å². The molecule has 6 heteroatoms. The summed E-state index contributed by atoms with van der Waals surface area (Å²) in [6, 6.07) is 1.78. The summed E-state index contributed by atoms with van der Waals surface area (Å²) in [5.41, 5.74) is 1.16. The van der Waals surface area contributed by atoms with E-state index < -0.39 is 0 Å². The van der Waals surface area contributed by atoms with Gasteiger partial charge < -0.3 is 10.1 Å². The van der Waals surface area contributed by atoms with Gasteiger partial charge in [0.05, 0.1) is 19.9 Å². The minimum absolute atomic E-state index is 0.569. The Bertz CT molecular complexity index is 523. The van der Waals surface area contributed by atoms with Gasteiger partial charge in [0.25, 0.3) is 0 Å². The number of rotatable bonds is 5. The maximum absolute atomic E-state index is 5.09. The molecule has 0 fully saturated rings. The van der Waals surface area contributed by atoms with Crippen LogP contribution in [0.3, 0.4) is 0 Å². The molecule has 0 spiro atoms. The molecule has 2 rings (SSSR count). The summed E-state index contributed by atoms with van der Waals surface area (Å²) in [4.78, 5) is 8.42. The molecule has 1 N–H and O–H groups in total. The van der Waals surface area contributed by atoms with E-state index in [0.717, 1.165) is 24.5 Å². The highest BCUT2D eigenvalue weighted by Gasteiger charge is 2.01. The van der Waals surface area contributed by atoms with Crippen molar-refractivity contribution < 1.29 is 4.74 Å². The van der Waals surface area contributed by atoms with Crippen LogP contribution in [0.15, 0.2) is 18.5 Å². The van der Waals surface area contributed by atoms with Crippen molar-refractivity contribution in [3.63, 3.8) is 0 Å². The van der Waals surface area contributed by atoms with Crippen molar-refractivity contribution in [2.24, 2.45) is 0 Å². The Morgan fingerprint density at radius 2 is 2.17 bits per heavy atom. The second kappa shape index (κ2) is 5.48. The fraction of sp³-hybridized carbons (Fsp3) is 0.417. The summed E-state index contributed by atoms with van der Waals surface area (Å²) in [6.07, 6.45) is 3.85. The Morgan fingerprint density at radius 3 is 2.83 bits per heavy atom. The van der Waals surface area contributed by atoms with E-state index in [1.807, 2.05) is 30.9 Å². The highest BCUT2D eigenvalue weighted by molar-refractivity contribution is 5.38. The fourth-order valence-corrected chi connectivity index (χ4v) is 1.62. The first-order valence-corrected chi connectivity index (χ1v) is 5.80. The molecule has 2 aromatic rings. The third kappa shape index (κ3) is 3.19. The third-order valence-electron chi connectivity index (χ3n) is 2.43. The van der Waals surface area contributed by atoms with Crippen LogP contribution in [0.2, 0.25) is 0 Å². The summed E-state index contributed by atoms with van der Waals surface area (Å²) >= 11 is 0. The number of hydrogen-bond donors (Lipinski definition) is 1. The number of hydrogen-bond acceptors (Lipinski definition) is 5. The van der Waals surface area contributed by atoms with Crippen LogP contribution in [0.25, 0.3) is 0 Å². The van der Waals surface area contributed by atoms with Crippen LogP contribution in [0, 0.1) is 13.8 Å². The normalized spacial score (nSPS) is 10.4. The molecule has 0 saturated carbocycles. The standard InChI is InChI=1S/C12H17N5O/c1-9-7-14-17(8-9)5-4-13-11-6-12(18-3)16-10(2)15-11/h6-8H,4-5H2,1-3H3,(H,13,15,16). The first-order chi connectivity index (χ1) is 8.67. The van der Waals surface area contributed by atoms with Gasteiger partial charge in [0, 0.05) is 18.8 Å². The average Bonchev–Trinajstić information content (AvgIpc) is 2.74. The van der Waals surface area contributed by atoms with E-state index in [4.69, 9.17) is 4.74 Å². The largest absolute Gasteiger partial charge is 0.481 e. The van der Waals surface area contributed by atoms with Crippen molar-refractivity contribution in [1.82, 2.24) is 19.7 Å². The average molecular weight is 247 g/mol. The molecular weight excluding hydrogens is 230 g/mol. The van der Waals surface area contributed by atoms with Crippen LogP contribution in [0.5, 0.6) is 5.88 Å². The molecule has 2 heterocycles. The van der Waals surface area contributed by atoms with E-state index in [9.17, 15) is 0 Å². The Labute approximate surface area is 106 Å². The molecule has 0 aliphatic rings. The predicted octanol–water partition coefficient (Wildman–Crippen LogP) is 1.41. The molecule has 0 atom stereocenters. The minimum Gasteiger partial charge on any atom is -0.481 e. The van der Waals surface area contributed by atoms with Crippen molar-refractivity contribution >= 4 is 5.82 Å². The number of aromatic nitrogens is 4. The molecule has 0 aliphatic carbocycles. The van der Waals surface area contributed by atoms with Gasteiger partial charge in [0.1, 0.15) is 11.6 Å². The van der Waals surface area contributed by atoms with E-state index in [0.29, 0.717) is 11.7 Å². The molecule has 6 nitrogen and oxygen atoms in total. The van der Waals surface area contributed by atoms with Crippen molar-refractivity contribution in [3.8, 4) is 5.88 Å². The first-order valence-electron chi connectivity index (χ1n) is 5.80. The lowest BCUT2D eigenvalue weighted by Crippen LogP contribution is -2.12. The molecule has 0 unspecified atom stereocenters. The van der Waals surface area contributed by atoms with E-state index in [2.05, 4.69) is 20.4 Å². The van der Waals surface area contributed by atoms with Crippen LogP contribution in [0.1, 0.15) is 11.4 Å².